The molecule has 0 amide bonds. The highest BCUT2D eigenvalue weighted by molar-refractivity contribution is 7.99. The molecule has 0 aliphatic carbocycles. The Bertz CT molecular complexity index is 339. The standard InChI is InChI=1S/C10H17N3OS/c1-3-8(11-4-2)7-15-10-12-6-5-9(14)13-10/h5-6,8,11H,3-4,7H2,1-2H3,(H,12,13,14). The van der Waals surface area contributed by atoms with Crippen LogP contribution < -0.4 is 10.9 Å². The summed E-state index contributed by atoms with van der Waals surface area (Å²) in [5, 5.41) is 4.07. The molecule has 1 heterocycles. The highest BCUT2D eigenvalue weighted by Gasteiger charge is 2.05. The second-order valence-electron chi connectivity index (χ2n) is 3.21. The molecule has 84 valence electrons. The van der Waals surface area contributed by atoms with E-state index in [9.17, 15) is 4.79 Å². The predicted molar refractivity (Wildman–Crippen MR) is 63.3 cm³/mol. The third kappa shape index (κ3) is 4.48. The highest BCUT2D eigenvalue weighted by Crippen LogP contribution is 2.12. The van der Waals surface area contributed by atoms with Gasteiger partial charge in [-0.25, -0.2) is 4.98 Å². The van der Waals surface area contributed by atoms with Gasteiger partial charge in [0.2, 0.25) is 0 Å². The van der Waals surface area contributed by atoms with Gasteiger partial charge in [0.15, 0.2) is 5.16 Å². The van der Waals surface area contributed by atoms with Crippen molar-refractivity contribution < 1.29 is 0 Å². The Hall–Kier alpha value is -0.810. The van der Waals surface area contributed by atoms with E-state index in [1.165, 1.54) is 12.3 Å². The summed E-state index contributed by atoms with van der Waals surface area (Å²) in [6.45, 7) is 5.21. The zero-order valence-electron chi connectivity index (χ0n) is 9.12. The van der Waals surface area contributed by atoms with Crippen molar-refractivity contribution in [3.8, 4) is 0 Å². The molecule has 0 aliphatic rings. The van der Waals surface area contributed by atoms with Crippen LogP contribution in [0.5, 0.6) is 0 Å². The van der Waals surface area contributed by atoms with Crippen LogP contribution in [-0.4, -0.2) is 28.3 Å². The summed E-state index contributed by atoms with van der Waals surface area (Å²) in [7, 11) is 0. The fraction of sp³-hybridized carbons (Fsp3) is 0.600. The van der Waals surface area contributed by atoms with Crippen LogP contribution in [0.3, 0.4) is 0 Å². The van der Waals surface area contributed by atoms with E-state index in [0.717, 1.165) is 18.7 Å². The van der Waals surface area contributed by atoms with E-state index < -0.39 is 0 Å². The minimum atomic E-state index is -0.0935. The van der Waals surface area contributed by atoms with E-state index >= 15 is 0 Å². The Balaban J connectivity index is 2.45. The maximum absolute atomic E-state index is 11.0. The summed E-state index contributed by atoms with van der Waals surface area (Å²) < 4.78 is 0. The first-order valence-corrected chi connectivity index (χ1v) is 6.16. The van der Waals surface area contributed by atoms with Crippen molar-refractivity contribution in [2.24, 2.45) is 0 Å². The van der Waals surface area contributed by atoms with Gasteiger partial charge in [-0.1, -0.05) is 25.6 Å². The second-order valence-corrected chi connectivity index (χ2v) is 4.22. The van der Waals surface area contributed by atoms with Crippen LogP contribution in [-0.2, 0) is 0 Å². The zero-order valence-corrected chi connectivity index (χ0v) is 9.93. The molecule has 1 unspecified atom stereocenters. The lowest BCUT2D eigenvalue weighted by Crippen LogP contribution is -2.30. The third-order valence-electron chi connectivity index (χ3n) is 2.05. The molecule has 15 heavy (non-hydrogen) atoms. The van der Waals surface area contributed by atoms with Crippen molar-refractivity contribution in [1.29, 1.82) is 0 Å². The van der Waals surface area contributed by atoms with Gasteiger partial charge >= 0.3 is 0 Å². The predicted octanol–water partition coefficient (Wildman–Crippen LogP) is 1.25. The van der Waals surface area contributed by atoms with Crippen LogP contribution in [0.1, 0.15) is 20.3 Å². The van der Waals surface area contributed by atoms with Gasteiger partial charge in [0, 0.05) is 24.1 Å². The minimum absolute atomic E-state index is 0.0935. The van der Waals surface area contributed by atoms with Gasteiger partial charge in [-0.15, -0.1) is 0 Å². The normalized spacial score (nSPS) is 12.7. The first-order chi connectivity index (χ1) is 7.26. The monoisotopic (exact) mass is 227 g/mol. The number of rotatable bonds is 6. The Morgan fingerprint density at radius 3 is 3.00 bits per heavy atom. The number of nitrogens with zero attached hydrogens (tertiary/aromatic N) is 1. The molecule has 0 bridgehead atoms. The van der Waals surface area contributed by atoms with E-state index in [-0.39, 0.29) is 5.56 Å². The molecular formula is C10H17N3OS. The number of nitrogens with one attached hydrogen (secondary N) is 2. The molecule has 0 radical (unpaired) electrons. The van der Waals surface area contributed by atoms with Gasteiger partial charge in [-0.3, -0.25) is 4.79 Å². The zero-order chi connectivity index (χ0) is 11.1. The maximum atomic E-state index is 11.0. The molecule has 2 N–H and O–H groups in total. The largest absolute Gasteiger partial charge is 0.313 e. The molecule has 4 nitrogen and oxygen atoms in total. The molecular weight excluding hydrogens is 210 g/mol. The van der Waals surface area contributed by atoms with Crippen LogP contribution >= 0.6 is 11.8 Å². The molecule has 1 aromatic rings. The molecule has 0 aromatic carbocycles. The summed E-state index contributed by atoms with van der Waals surface area (Å²) >= 11 is 1.58. The lowest BCUT2D eigenvalue weighted by molar-refractivity contribution is 0.560. The van der Waals surface area contributed by atoms with Crippen LogP contribution in [0.4, 0.5) is 0 Å². The molecule has 5 heteroatoms. The van der Waals surface area contributed by atoms with Gasteiger partial charge in [0.1, 0.15) is 0 Å². The van der Waals surface area contributed by atoms with E-state index in [1.807, 2.05) is 0 Å². The Labute approximate surface area is 93.9 Å². The molecule has 0 spiro atoms. The van der Waals surface area contributed by atoms with Crippen molar-refractivity contribution in [2.75, 3.05) is 12.3 Å². The number of hydrogen-bond acceptors (Lipinski definition) is 4. The number of aromatic nitrogens is 2. The fourth-order valence-corrected chi connectivity index (χ4v) is 2.24. The maximum Gasteiger partial charge on any atom is 0.251 e. The van der Waals surface area contributed by atoms with Crippen LogP contribution in [0.2, 0.25) is 0 Å². The Morgan fingerprint density at radius 2 is 2.40 bits per heavy atom. The Kier molecular flexibility index (Phi) is 5.42. The van der Waals surface area contributed by atoms with Crippen LogP contribution in [0.25, 0.3) is 0 Å². The summed E-state index contributed by atoms with van der Waals surface area (Å²) in [6.07, 6.45) is 2.62. The SMILES string of the molecule is CCNC(CC)CSc1nccc(=O)[nH]1. The van der Waals surface area contributed by atoms with E-state index in [0.29, 0.717) is 11.2 Å². The lowest BCUT2D eigenvalue weighted by atomic mass is 10.2. The van der Waals surface area contributed by atoms with Crippen LogP contribution in [0.15, 0.2) is 22.2 Å². The van der Waals surface area contributed by atoms with Gasteiger partial charge in [0.25, 0.3) is 5.56 Å². The van der Waals surface area contributed by atoms with E-state index in [2.05, 4.69) is 29.1 Å². The number of thioether (sulfide) groups is 1. The Morgan fingerprint density at radius 1 is 1.60 bits per heavy atom. The molecule has 0 saturated carbocycles. The van der Waals surface area contributed by atoms with Gasteiger partial charge in [-0.2, -0.15) is 0 Å². The third-order valence-corrected chi connectivity index (χ3v) is 3.10. The highest BCUT2D eigenvalue weighted by atomic mass is 32.2. The van der Waals surface area contributed by atoms with Crippen molar-refractivity contribution in [2.45, 2.75) is 31.5 Å². The van der Waals surface area contributed by atoms with Crippen molar-refractivity contribution in [3.63, 3.8) is 0 Å². The van der Waals surface area contributed by atoms with Crippen molar-refractivity contribution >= 4 is 11.8 Å². The molecule has 0 aliphatic heterocycles. The minimum Gasteiger partial charge on any atom is -0.313 e. The van der Waals surface area contributed by atoms with E-state index in [1.54, 1.807) is 11.8 Å². The average Bonchev–Trinajstić information content (AvgIpc) is 2.24. The number of aromatic amines is 1. The molecule has 0 fully saturated rings. The van der Waals surface area contributed by atoms with Gasteiger partial charge < -0.3 is 10.3 Å². The topological polar surface area (TPSA) is 57.8 Å². The molecule has 1 aromatic heterocycles. The first kappa shape index (κ1) is 12.3. The molecule has 0 saturated heterocycles. The summed E-state index contributed by atoms with van der Waals surface area (Å²) in [6, 6.07) is 1.90. The summed E-state index contributed by atoms with van der Waals surface area (Å²) in [5.41, 5.74) is -0.0935. The molecule has 1 atom stereocenters. The van der Waals surface area contributed by atoms with Crippen molar-refractivity contribution in [1.82, 2.24) is 15.3 Å². The lowest BCUT2D eigenvalue weighted by Gasteiger charge is -2.14. The quantitative estimate of drug-likeness (QED) is 0.567. The van der Waals surface area contributed by atoms with E-state index in [4.69, 9.17) is 0 Å². The first-order valence-electron chi connectivity index (χ1n) is 5.17. The number of H-pyrrole nitrogens is 1. The van der Waals surface area contributed by atoms with Gasteiger partial charge in [-0.05, 0) is 13.0 Å². The second kappa shape index (κ2) is 6.63. The fourth-order valence-electron chi connectivity index (χ4n) is 1.21. The van der Waals surface area contributed by atoms with Crippen LogP contribution in [0, 0.1) is 0 Å². The van der Waals surface area contributed by atoms with Gasteiger partial charge in [0.05, 0.1) is 0 Å². The average molecular weight is 227 g/mol. The molecule has 1 rings (SSSR count). The summed E-state index contributed by atoms with van der Waals surface area (Å²) in [5.74, 6) is 0.928. The van der Waals surface area contributed by atoms with Crippen molar-refractivity contribution in [3.05, 3.63) is 22.6 Å². The number of hydrogen-bond donors (Lipinski definition) is 2. The summed E-state index contributed by atoms with van der Waals surface area (Å²) in [4.78, 5) is 17.8. The smallest absolute Gasteiger partial charge is 0.251 e.